The number of nitrogens with one attached hydrogen (secondary N) is 2. The van der Waals surface area contributed by atoms with Crippen LogP contribution in [0.2, 0.25) is 5.02 Å². The molecule has 0 radical (unpaired) electrons. The highest BCUT2D eigenvalue weighted by Gasteiger charge is 2.12. The lowest BCUT2D eigenvalue weighted by molar-refractivity contribution is 0.429. The number of fused-ring (bicyclic) bond motifs is 1. The second-order valence-electron chi connectivity index (χ2n) is 5.60. The molecule has 0 unspecified atom stereocenters. The van der Waals surface area contributed by atoms with Crippen LogP contribution in [0.15, 0.2) is 47.3 Å². The van der Waals surface area contributed by atoms with Crippen LogP contribution in [0.3, 0.4) is 0 Å². The summed E-state index contributed by atoms with van der Waals surface area (Å²) in [6, 6.07) is 11.4. The van der Waals surface area contributed by atoms with E-state index in [-0.39, 0.29) is 10.6 Å². The predicted molar refractivity (Wildman–Crippen MR) is 106 cm³/mol. The Labute approximate surface area is 159 Å². The monoisotopic (exact) mass is 390 g/mol. The summed E-state index contributed by atoms with van der Waals surface area (Å²) >= 11 is 11.2. The quantitative estimate of drug-likeness (QED) is 0.661. The van der Waals surface area contributed by atoms with E-state index < -0.39 is 5.82 Å². The van der Waals surface area contributed by atoms with Crippen molar-refractivity contribution in [1.82, 2.24) is 14.9 Å². The lowest BCUT2D eigenvalue weighted by Crippen LogP contribution is -2.35. The van der Waals surface area contributed by atoms with Crippen molar-refractivity contribution >= 4 is 45.5 Å². The number of thiocarbonyl (C=S) groups is 1. The molecule has 1 aromatic heterocycles. The van der Waals surface area contributed by atoms with E-state index in [1.165, 1.54) is 12.1 Å². The molecule has 5 nitrogen and oxygen atoms in total. The molecule has 2 N–H and O–H groups in total. The van der Waals surface area contributed by atoms with Gasteiger partial charge in [0.1, 0.15) is 11.6 Å². The molecule has 0 saturated heterocycles. The van der Waals surface area contributed by atoms with Gasteiger partial charge in [0.15, 0.2) is 5.11 Å². The molecule has 0 bridgehead atoms. The summed E-state index contributed by atoms with van der Waals surface area (Å²) in [6.07, 6.45) is 0. The second kappa shape index (κ2) is 7.80. The van der Waals surface area contributed by atoms with E-state index in [1.54, 1.807) is 24.3 Å². The van der Waals surface area contributed by atoms with E-state index in [0.29, 0.717) is 40.6 Å². The molecule has 0 fully saturated rings. The van der Waals surface area contributed by atoms with Crippen molar-refractivity contribution in [2.24, 2.45) is 0 Å². The summed E-state index contributed by atoms with van der Waals surface area (Å²) in [5.74, 6) is 0.0188. The first-order chi connectivity index (χ1) is 12.5. The molecule has 0 amide bonds. The van der Waals surface area contributed by atoms with Crippen LogP contribution < -0.4 is 10.9 Å². The van der Waals surface area contributed by atoms with Crippen molar-refractivity contribution in [3.8, 4) is 0 Å². The van der Waals surface area contributed by atoms with Crippen molar-refractivity contribution in [2.75, 3.05) is 11.9 Å². The maximum atomic E-state index is 13.3. The fraction of sp³-hybridized carbons (Fsp3) is 0.167. The molecule has 2 aromatic carbocycles. The van der Waals surface area contributed by atoms with Crippen molar-refractivity contribution in [3.63, 3.8) is 0 Å². The molecule has 26 heavy (non-hydrogen) atoms. The van der Waals surface area contributed by atoms with E-state index in [9.17, 15) is 9.18 Å². The van der Waals surface area contributed by atoms with Crippen LogP contribution >= 0.6 is 23.8 Å². The number of benzene rings is 2. The average Bonchev–Trinajstić information content (AvgIpc) is 2.62. The van der Waals surface area contributed by atoms with Gasteiger partial charge in [-0.3, -0.25) is 4.79 Å². The van der Waals surface area contributed by atoms with Gasteiger partial charge in [0, 0.05) is 12.2 Å². The van der Waals surface area contributed by atoms with Gasteiger partial charge in [-0.15, -0.1) is 0 Å². The molecule has 134 valence electrons. The van der Waals surface area contributed by atoms with Gasteiger partial charge in [0.05, 0.1) is 22.5 Å². The lowest BCUT2D eigenvalue weighted by Gasteiger charge is -2.24. The van der Waals surface area contributed by atoms with Crippen LogP contribution in [0.4, 0.5) is 10.1 Å². The minimum absolute atomic E-state index is 0.0152. The van der Waals surface area contributed by atoms with Gasteiger partial charge in [-0.25, -0.2) is 9.37 Å². The van der Waals surface area contributed by atoms with E-state index in [4.69, 9.17) is 23.8 Å². The summed E-state index contributed by atoms with van der Waals surface area (Å²) in [7, 11) is 0. The Morgan fingerprint density at radius 1 is 1.35 bits per heavy atom. The van der Waals surface area contributed by atoms with Crippen LogP contribution in [-0.2, 0) is 6.54 Å². The highest BCUT2D eigenvalue weighted by atomic mass is 35.5. The molecule has 0 atom stereocenters. The van der Waals surface area contributed by atoms with Crippen LogP contribution in [0.1, 0.15) is 12.7 Å². The summed E-state index contributed by atoms with van der Waals surface area (Å²) < 4.78 is 13.3. The largest absolute Gasteiger partial charge is 0.342 e. The molecule has 0 saturated carbocycles. The molecule has 3 aromatic rings. The normalized spacial score (nSPS) is 10.7. The number of hydrogen-bond acceptors (Lipinski definition) is 3. The van der Waals surface area contributed by atoms with Gasteiger partial charge in [-0.1, -0.05) is 23.7 Å². The van der Waals surface area contributed by atoms with Gasteiger partial charge in [0.2, 0.25) is 0 Å². The van der Waals surface area contributed by atoms with Crippen LogP contribution in [-0.4, -0.2) is 26.5 Å². The zero-order valence-corrected chi connectivity index (χ0v) is 15.5. The molecule has 0 spiro atoms. The van der Waals surface area contributed by atoms with E-state index in [0.717, 1.165) is 0 Å². The molecular formula is C18H16ClFN4OS. The van der Waals surface area contributed by atoms with Gasteiger partial charge >= 0.3 is 0 Å². The van der Waals surface area contributed by atoms with Crippen LogP contribution in [0.5, 0.6) is 0 Å². The number of halogens is 2. The fourth-order valence-electron chi connectivity index (χ4n) is 2.49. The fourth-order valence-corrected chi connectivity index (χ4v) is 2.99. The lowest BCUT2D eigenvalue weighted by atomic mass is 10.2. The topological polar surface area (TPSA) is 61.0 Å². The number of aromatic nitrogens is 2. The highest BCUT2D eigenvalue weighted by Crippen LogP contribution is 2.20. The van der Waals surface area contributed by atoms with E-state index in [1.807, 2.05) is 17.9 Å². The van der Waals surface area contributed by atoms with E-state index >= 15 is 0 Å². The first-order valence-corrected chi connectivity index (χ1v) is 8.75. The summed E-state index contributed by atoms with van der Waals surface area (Å²) in [6.45, 7) is 2.86. The smallest absolute Gasteiger partial charge is 0.258 e. The molecule has 0 aliphatic heterocycles. The summed E-state index contributed by atoms with van der Waals surface area (Å²) in [5.41, 5.74) is 1.03. The summed E-state index contributed by atoms with van der Waals surface area (Å²) in [5, 5.41) is 4.00. The molecule has 8 heteroatoms. The first kappa shape index (κ1) is 18.3. The van der Waals surface area contributed by atoms with Gasteiger partial charge in [-0.05, 0) is 49.5 Å². The maximum Gasteiger partial charge on any atom is 0.258 e. The average molecular weight is 391 g/mol. The Morgan fingerprint density at radius 3 is 2.85 bits per heavy atom. The van der Waals surface area contributed by atoms with Crippen LogP contribution in [0.25, 0.3) is 10.9 Å². The van der Waals surface area contributed by atoms with Gasteiger partial charge < -0.3 is 15.2 Å². The van der Waals surface area contributed by atoms with E-state index in [2.05, 4.69) is 15.3 Å². The molecule has 1 heterocycles. The Morgan fingerprint density at radius 2 is 2.12 bits per heavy atom. The molecular weight excluding hydrogens is 375 g/mol. The SMILES string of the molecule is CCN(Cc1nc2ccccc2c(=O)[nH]1)C(=S)Nc1ccc(F)c(Cl)c1. The third kappa shape index (κ3) is 4.00. The van der Waals surface area contributed by atoms with Gasteiger partial charge in [-0.2, -0.15) is 0 Å². The highest BCUT2D eigenvalue weighted by molar-refractivity contribution is 7.80. The Hall–Kier alpha value is -2.51. The van der Waals surface area contributed by atoms with Crippen molar-refractivity contribution in [3.05, 3.63) is 69.5 Å². The number of para-hydroxylation sites is 1. The third-order valence-corrected chi connectivity index (χ3v) is 4.49. The Kier molecular flexibility index (Phi) is 5.49. The van der Waals surface area contributed by atoms with Gasteiger partial charge in [0.25, 0.3) is 5.56 Å². The minimum atomic E-state index is -0.492. The number of aromatic amines is 1. The predicted octanol–water partition coefficient (Wildman–Crippen LogP) is 3.93. The Balaban J connectivity index is 1.79. The number of nitrogens with zero attached hydrogens (tertiary/aromatic N) is 2. The van der Waals surface area contributed by atoms with Crippen LogP contribution in [0, 0.1) is 5.82 Å². The Bertz CT molecular complexity index is 1020. The van der Waals surface area contributed by atoms with Crippen molar-refractivity contribution in [1.29, 1.82) is 0 Å². The van der Waals surface area contributed by atoms with Crippen molar-refractivity contribution in [2.45, 2.75) is 13.5 Å². The second-order valence-corrected chi connectivity index (χ2v) is 6.40. The maximum absolute atomic E-state index is 13.3. The molecule has 0 aliphatic rings. The molecule has 0 aliphatic carbocycles. The number of hydrogen-bond donors (Lipinski definition) is 2. The zero-order chi connectivity index (χ0) is 18.7. The third-order valence-electron chi connectivity index (χ3n) is 3.84. The summed E-state index contributed by atoms with van der Waals surface area (Å²) in [4.78, 5) is 21.3. The zero-order valence-electron chi connectivity index (χ0n) is 13.9. The number of rotatable bonds is 4. The first-order valence-electron chi connectivity index (χ1n) is 7.97. The number of anilines is 1. The standard InChI is InChI=1S/C18H16ClFN4OS/c1-2-24(18(26)21-11-7-8-14(20)13(19)9-11)10-16-22-15-6-4-3-5-12(15)17(25)23-16/h3-9H,2,10H2,1H3,(H,21,26)(H,22,23,25). The van der Waals surface area contributed by atoms with Crippen molar-refractivity contribution < 1.29 is 4.39 Å². The minimum Gasteiger partial charge on any atom is -0.342 e. The molecule has 3 rings (SSSR count). The number of H-pyrrole nitrogens is 1.